The van der Waals surface area contributed by atoms with Gasteiger partial charge >= 0.3 is 0 Å². The first-order valence-electron chi connectivity index (χ1n) is 9.12. The van der Waals surface area contributed by atoms with E-state index in [0.717, 1.165) is 9.13 Å². The molecule has 1 saturated heterocycles. The summed E-state index contributed by atoms with van der Waals surface area (Å²) in [6.07, 6.45) is -0.0142. The van der Waals surface area contributed by atoms with Crippen LogP contribution in [0.15, 0.2) is 48.5 Å². The molecule has 0 radical (unpaired) electrons. The molecule has 1 heterocycles. The Balaban J connectivity index is 1.98. The lowest BCUT2D eigenvalue weighted by Gasteiger charge is -2.39. The predicted molar refractivity (Wildman–Crippen MR) is 117 cm³/mol. The van der Waals surface area contributed by atoms with Gasteiger partial charge in [-0.25, -0.2) is 4.90 Å². The highest BCUT2D eigenvalue weighted by Gasteiger charge is 2.47. The predicted octanol–water partition coefficient (Wildman–Crippen LogP) is 4.17. The smallest absolute Gasteiger partial charge is 0.257 e. The second-order valence-electron chi connectivity index (χ2n) is 7.98. The summed E-state index contributed by atoms with van der Waals surface area (Å²) in [5.74, 6) is -0.892. The Labute approximate surface area is 178 Å². The number of imide groups is 1. The van der Waals surface area contributed by atoms with Crippen molar-refractivity contribution in [2.45, 2.75) is 45.7 Å². The van der Waals surface area contributed by atoms with E-state index in [4.69, 9.17) is 0 Å². The number of hydrogen-bond acceptors (Lipinski definition) is 3. The number of halogens is 1. The summed E-state index contributed by atoms with van der Waals surface area (Å²) < 4.78 is 1.02. The summed E-state index contributed by atoms with van der Waals surface area (Å²) in [6.45, 7) is 7.56. The largest absolute Gasteiger partial charge is 0.321 e. The van der Waals surface area contributed by atoms with Crippen LogP contribution in [0.1, 0.15) is 43.1 Å². The molecule has 3 rings (SSSR count). The molecule has 0 spiro atoms. The van der Waals surface area contributed by atoms with Crippen LogP contribution in [0.3, 0.4) is 0 Å². The van der Waals surface area contributed by atoms with Gasteiger partial charge in [0, 0.05) is 14.7 Å². The topological polar surface area (TPSA) is 57.7 Å². The van der Waals surface area contributed by atoms with Gasteiger partial charge in [0.25, 0.3) is 11.8 Å². The van der Waals surface area contributed by atoms with Crippen molar-refractivity contribution in [3.8, 4) is 0 Å². The molecule has 2 aromatic carbocycles. The second kappa shape index (κ2) is 7.66. The summed E-state index contributed by atoms with van der Waals surface area (Å²) in [5.41, 5.74) is 1.40. The van der Waals surface area contributed by atoms with Gasteiger partial charge in [-0.05, 0) is 86.7 Å². The Bertz CT molecular complexity index is 932. The van der Waals surface area contributed by atoms with Crippen LogP contribution in [0.2, 0.25) is 0 Å². The van der Waals surface area contributed by atoms with Crippen LogP contribution in [0.5, 0.6) is 0 Å². The quantitative estimate of drug-likeness (QED) is 0.480. The highest BCUT2D eigenvalue weighted by atomic mass is 127. The first-order valence-corrected chi connectivity index (χ1v) is 10.2. The van der Waals surface area contributed by atoms with Gasteiger partial charge in [0.15, 0.2) is 0 Å². The molecule has 0 saturated carbocycles. The molecule has 28 heavy (non-hydrogen) atoms. The van der Waals surface area contributed by atoms with Crippen molar-refractivity contribution in [1.82, 2.24) is 4.90 Å². The Morgan fingerprint density at radius 1 is 1.11 bits per heavy atom. The average molecular weight is 490 g/mol. The van der Waals surface area contributed by atoms with E-state index in [1.54, 1.807) is 29.2 Å². The van der Waals surface area contributed by atoms with Crippen LogP contribution in [0.25, 0.3) is 0 Å². The lowest BCUT2D eigenvalue weighted by Crippen LogP contribution is -2.54. The molecule has 0 aromatic heterocycles. The molecule has 6 heteroatoms. The molecule has 5 nitrogen and oxygen atoms in total. The summed E-state index contributed by atoms with van der Waals surface area (Å²) in [5, 5.41) is 0. The van der Waals surface area contributed by atoms with Gasteiger partial charge < -0.3 is 4.90 Å². The summed E-state index contributed by atoms with van der Waals surface area (Å²) in [7, 11) is 0. The monoisotopic (exact) mass is 490 g/mol. The zero-order valence-corrected chi connectivity index (χ0v) is 18.6. The molecule has 1 atom stereocenters. The third-order valence-corrected chi connectivity index (χ3v) is 5.45. The van der Waals surface area contributed by atoms with Crippen LogP contribution in [0.4, 0.5) is 5.69 Å². The number of rotatable bonds is 3. The fraction of sp³-hybridized carbons (Fsp3) is 0.318. The van der Waals surface area contributed by atoms with E-state index in [2.05, 4.69) is 22.6 Å². The third kappa shape index (κ3) is 3.97. The van der Waals surface area contributed by atoms with Gasteiger partial charge in [0.1, 0.15) is 6.04 Å². The Morgan fingerprint density at radius 2 is 1.75 bits per heavy atom. The Morgan fingerprint density at radius 3 is 2.32 bits per heavy atom. The van der Waals surface area contributed by atoms with Crippen molar-refractivity contribution in [2.75, 3.05) is 4.90 Å². The average Bonchev–Trinajstić information content (AvgIpc) is 2.89. The van der Waals surface area contributed by atoms with Crippen molar-refractivity contribution in [3.63, 3.8) is 0 Å². The van der Waals surface area contributed by atoms with E-state index in [1.807, 2.05) is 52.0 Å². The number of benzene rings is 2. The number of carbonyl (C=O) groups excluding carboxylic acids is 3. The molecule has 3 amide bonds. The fourth-order valence-electron chi connectivity index (χ4n) is 3.51. The number of aryl methyl sites for hydroxylation is 1. The lowest BCUT2D eigenvalue weighted by molar-refractivity contribution is -0.123. The number of carbonyl (C=O) groups is 3. The molecule has 146 valence electrons. The third-order valence-electron chi connectivity index (χ3n) is 4.73. The van der Waals surface area contributed by atoms with Gasteiger partial charge in [-0.2, -0.15) is 0 Å². The number of hydrogen-bond donors (Lipinski definition) is 0. The van der Waals surface area contributed by atoms with Gasteiger partial charge in [0.05, 0.1) is 12.1 Å². The van der Waals surface area contributed by atoms with E-state index in [0.29, 0.717) is 11.3 Å². The molecule has 1 aliphatic heterocycles. The minimum Gasteiger partial charge on any atom is -0.321 e. The van der Waals surface area contributed by atoms with Gasteiger partial charge in [-0.3, -0.25) is 14.4 Å². The van der Waals surface area contributed by atoms with Crippen LogP contribution in [0, 0.1) is 10.5 Å². The van der Waals surface area contributed by atoms with Gasteiger partial charge in [-0.15, -0.1) is 0 Å². The zero-order valence-electron chi connectivity index (χ0n) is 16.4. The molecule has 0 bridgehead atoms. The maximum atomic E-state index is 13.3. The maximum absolute atomic E-state index is 13.3. The van der Waals surface area contributed by atoms with Crippen LogP contribution >= 0.6 is 22.6 Å². The van der Waals surface area contributed by atoms with Crippen molar-refractivity contribution >= 4 is 46.0 Å². The minimum atomic E-state index is -0.820. The van der Waals surface area contributed by atoms with Crippen LogP contribution in [-0.4, -0.2) is 34.2 Å². The summed E-state index contributed by atoms with van der Waals surface area (Å²) >= 11 is 2.17. The summed E-state index contributed by atoms with van der Waals surface area (Å²) in [6, 6.07) is 13.7. The number of anilines is 1. The Hall–Kier alpha value is -2.22. The highest BCUT2D eigenvalue weighted by molar-refractivity contribution is 14.1. The van der Waals surface area contributed by atoms with Crippen LogP contribution in [-0.2, 0) is 9.59 Å². The number of amides is 3. The summed E-state index contributed by atoms with van der Waals surface area (Å²) in [4.78, 5) is 42.0. The molecule has 1 fully saturated rings. The highest BCUT2D eigenvalue weighted by Crippen LogP contribution is 2.31. The molecule has 1 unspecified atom stereocenters. The van der Waals surface area contributed by atoms with E-state index >= 15 is 0 Å². The second-order valence-corrected chi connectivity index (χ2v) is 9.22. The first kappa shape index (κ1) is 20.5. The van der Waals surface area contributed by atoms with E-state index in [-0.39, 0.29) is 24.1 Å². The van der Waals surface area contributed by atoms with Crippen molar-refractivity contribution in [2.24, 2.45) is 0 Å². The number of nitrogens with zero attached hydrogens (tertiary/aromatic N) is 2. The fourth-order valence-corrected chi connectivity index (χ4v) is 3.87. The van der Waals surface area contributed by atoms with Gasteiger partial charge in [-0.1, -0.05) is 17.7 Å². The molecular formula is C22H23IN2O3. The normalized spacial score (nSPS) is 17.2. The Kier molecular flexibility index (Phi) is 5.61. The lowest BCUT2D eigenvalue weighted by atomic mass is 9.99. The molecule has 2 aromatic rings. The first-order chi connectivity index (χ1) is 13.1. The van der Waals surface area contributed by atoms with Gasteiger partial charge in [0.2, 0.25) is 5.91 Å². The molecule has 0 N–H and O–H groups in total. The maximum Gasteiger partial charge on any atom is 0.257 e. The van der Waals surface area contributed by atoms with Crippen molar-refractivity contribution < 1.29 is 14.4 Å². The molecule has 0 aliphatic carbocycles. The molecule has 1 aliphatic rings. The minimum absolute atomic E-state index is 0.0142. The van der Waals surface area contributed by atoms with Crippen LogP contribution < -0.4 is 4.90 Å². The van der Waals surface area contributed by atoms with Crippen molar-refractivity contribution in [3.05, 3.63) is 63.2 Å². The standard InChI is InChI=1S/C22H23IN2O3/c1-14-6-5-7-15(12-14)20(27)25(22(2,3)4)18-13-19(26)24(21(18)28)17-10-8-16(23)9-11-17/h5-12,18H,13H2,1-4H3. The van der Waals surface area contributed by atoms with E-state index in [9.17, 15) is 14.4 Å². The van der Waals surface area contributed by atoms with E-state index in [1.165, 1.54) is 4.90 Å². The zero-order chi connectivity index (χ0) is 20.6. The van der Waals surface area contributed by atoms with E-state index < -0.39 is 11.6 Å². The molecular weight excluding hydrogens is 467 g/mol. The van der Waals surface area contributed by atoms with Crippen molar-refractivity contribution in [1.29, 1.82) is 0 Å². The SMILES string of the molecule is Cc1cccc(C(=O)N(C2CC(=O)N(c3ccc(I)cc3)C2=O)C(C)(C)C)c1.